The fourth-order valence-corrected chi connectivity index (χ4v) is 3.01. The minimum atomic E-state index is -0.203. The number of rotatable bonds is 6. The summed E-state index contributed by atoms with van der Waals surface area (Å²) in [6.45, 7) is 2.55. The summed E-state index contributed by atoms with van der Waals surface area (Å²) >= 11 is 0. The van der Waals surface area contributed by atoms with Crippen LogP contribution < -0.4 is 10.3 Å². The lowest BCUT2D eigenvalue weighted by atomic mass is 10.1. The van der Waals surface area contributed by atoms with Crippen molar-refractivity contribution in [2.45, 2.75) is 19.8 Å². The van der Waals surface area contributed by atoms with Crippen LogP contribution in [-0.4, -0.2) is 26.5 Å². The van der Waals surface area contributed by atoms with Crippen molar-refractivity contribution in [2.75, 3.05) is 6.61 Å². The molecule has 3 aromatic heterocycles. The summed E-state index contributed by atoms with van der Waals surface area (Å²) in [7, 11) is 0. The summed E-state index contributed by atoms with van der Waals surface area (Å²) < 4.78 is 5.81. The highest BCUT2D eigenvalue weighted by atomic mass is 35.5. The third-order valence-corrected chi connectivity index (χ3v) is 4.46. The van der Waals surface area contributed by atoms with E-state index in [1.54, 1.807) is 24.7 Å². The van der Waals surface area contributed by atoms with Gasteiger partial charge in [-0.05, 0) is 73.4 Å². The molecule has 0 aliphatic rings. The summed E-state index contributed by atoms with van der Waals surface area (Å²) in [6.07, 6.45) is 7.09. The molecule has 0 spiro atoms. The number of nitrogens with zero attached hydrogens (tertiary/aromatic N) is 3. The second-order valence-electron chi connectivity index (χ2n) is 6.62. The SMILES string of the molecule is Cc1ccnc(-c2nc3ccc(OCCCc4ccncc4)cc3c(=O)[nH]2)c1.Cl.Cl. The topological polar surface area (TPSA) is 80.8 Å². The Kier molecular flexibility index (Phi) is 8.33. The maximum Gasteiger partial charge on any atom is 0.259 e. The molecule has 0 unspecified atom stereocenters. The van der Waals surface area contributed by atoms with Crippen molar-refractivity contribution in [1.82, 2.24) is 19.9 Å². The van der Waals surface area contributed by atoms with E-state index in [4.69, 9.17) is 4.74 Å². The van der Waals surface area contributed by atoms with Gasteiger partial charge < -0.3 is 9.72 Å². The van der Waals surface area contributed by atoms with Gasteiger partial charge in [0.2, 0.25) is 0 Å². The molecule has 8 heteroatoms. The molecule has 0 atom stereocenters. The van der Waals surface area contributed by atoms with E-state index in [9.17, 15) is 4.79 Å². The van der Waals surface area contributed by atoms with Crippen molar-refractivity contribution in [1.29, 1.82) is 0 Å². The molecule has 0 saturated heterocycles. The summed E-state index contributed by atoms with van der Waals surface area (Å²) in [5.41, 5.74) is 3.35. The van der Waals surface area contributed by atoms with Crippen molar-refractivity contribution >= 4 is 35.7 Å². The zero-order valence-electron chi connectivity index (χ0n) is 16.4. The number of aryl methyl sites for hydroxylation is 2. The van der Waals surface area contributed by atoms with Crippen LogP contribution in [0.15, 0.2) is 65.8 Å². The van der Waals surface area contributed by atoms with Crippen molar-refractivity contribution in [3.05, 3.63) is 82.5 Å². The molecule has 4 rings (SSSR count). The van der Waals surface area contributed by atoms with E-state index in [-0.39, 0.29) is 30.4 Å². The van der Waals surface area contributed by atoms with Crippen molar-refractivity contribution < 1.29 is 4.74 Å². The predicted octanol–water partition coefficient (Wildman–Crippen LogP) is 4.54. The van der Waals surface area contributed by atoms with Crippen LogP contribution in [0.1, 0.15) is 17.5 Å². The molecule has 0 saturated carbocycles. The summed E-state index contributed by atoms with van der Waals surface area (Å²) in [6, 6.07) is 13.2. The van der Waals surface area contributed by atoms with Gasteiger partial charge in [0, 0.05) is 18.6 Å². The molecule has 1 N–H and O–H groups in total. The average Bonchev–Trinajstić information content (AvgIpc) is 2.72. The van der Waals surface area contributed by atoms with Crippen LogP contribution in [0, 0.1) is 6.92 Å². The van der Waals surface area contributed by atoms with Gasteiger partial charge in [-0.25, -0.2) is 4.98 Å². The van der Waals surface area contributed by atoms with Gasteiger partial charge in [-0.15, -0.1) is 24.8 Å². The van der Waals surface area contributed by atoms with Crippen LogP contribution in [0.25, 0.3) is 22.4 Å². The molecule has 6 nitrogen and oxygen atoms in total. The highest BCUT2D eigenvalue weighted by Crippen LogP contribution is 2.20. The molecule has 0 aliphatic carbocycles. The minimum Gasteiger partial charge on any atom is -0.494 e. The van der Waals surface area contributed by atoms with Gasteiger partial charge in [-0.2, -0.15) is 0 Å². The second-order valence-corrected chi connectivity index (χ2v) is 6.62. The number of hydrogen-bond acceptors (Lipinski definition) is 5. The summed E-state index contributed by atoms with van der Waals surface area (Å²) in [5.74, 6) is 1.13. The first kappa shape index (κ1) is 23.3. The van der Waals surface area contributed by atoms with Crippen molar-refractivity contribution in [3.8, 4) is 17.3 Å². The number of hydrogen-bond donors (Lipinski definition) is 1. The lowest BCUT2D eigenvalue weighted by molar-refractivity contribution is 0.311. The number of nitrogens with one attached hydrogen (secondary N) is 1. The van der Waals surface area contributed by atoms with Gasteiger partial charge >= 0.3 is 0 Å². The Labute approximate surface area is 186 Å². The van der Waals surface area contributed by atoms with Crippen LogP contribution in [0.2, 0.25) is 0 Å². The normalized spacial score (nSPS) is 10.2. The molecule has 0 radical (unpaired) electrons. The maximum atomic E-state index is 12.5. The van der Waals surface area contributed by atoms with E-state index in [2.05, 4.69) is 19.9 Å². The average molecular weight is 445 g/mol. The Morgan fingerprint density at radius 3 is 2.57 bits per heavy atom. The first-order valence-corrected chi connectivity index (χ1v) is 9.18. The molecule has 0 amide bonds. The number of pyridine rings is 2. The fraction of sp³-hybridized carbons (Fsp3) is 0.182. The van der Waals surface area contributed by atoms with Gasteiger partial charge in [0.15, 0.2) is 5.82 Å². The van der Waals surface area contributed by atoms with Crippen LogP contribution in [0.3, 0.4) is 0 Å². The summed E-state index contributed by atoms with van der Waals surface area (Å²) in [5, 5.41) is 0.503. The van der Waals surface area contributed by atoms with Gasteiger partial charge in [0.1, 0.15) is 11.4 Å². The molecule has 4 aromatic rings. The quantitative estimate of drug-likeness (QED) is 0.441. The molecule has 0 aliphatic heterocycles. The zero-order chi connectivity index (χ0) is 19.3. The largest absolute Gasteiger partial charge is 0.494 e. The van der Waals surface area contributed by atoms with Gasteiger partial charge in [0.25, 0.3) is 5.56 Å². The summed E-state index contributed by atoms with van der Waals surface area (Å²) in [4.78, 5) is 28.2. The molecular weight excluding hydrogens is 423 g/mol. The maximum absolute atomic E-state index is 12.5. The first-order chi connectivity index (χ1) is 13.7. The fourth-order valence-electron chi connectivity index (χ4n) is 3.01. The highest BCUT2D eigenvalue weighted by Gasteiger charge is 2.08. The number of aromatic nitrogens is 4. The molecule has 0 bridgehead atoms. The van der Waals surface area contributed by atoms with Crippen LogP contribution >= 0.6 is 24.8 Å². The minimum absolute atomic E-state index is 0. The van der Waals surface area contributed by atoms with Crippen molar-refractivity contribution in [3.63, 3.8) is 0 Å². The monoisotopic (exact) mass is 444 g/mol. The number of ether oxygens (including phenoxy) is 1. The van der Waals surface area contributed by atoms with Crippen molar-refractivity contribution in [2.24, 2.45) is 0 Å². The molecule has 3 heterocycles. The van der Waals surface area contributed by atoms with E-state index in [0.717, 1.165) is 18.4 Å². The van der Waals surface area contributed by atoms with Crippen LogP contribution in [0.4, 0.5) is 0 Å². The lowest BCUT2D eigenvalue weighted by Gasteiger charge is -2.08. The second kappa shape index (κ2) is 10.7. The number of benzene rings is 1. The van der Waals surface area contributed by atoms with E-state index in [1.807, 2.05) is 43.3 Å². The predicted molar refractivity (Wildman–Crippen MR) is 123 cm³/mol. The van der Waals surface area contributed by atoms with E-state index >= 15 is 0 Å². The molecule has 1 aromatic carbocycles. The van der Waals surface area contributed by atoms with Crippen LogP contribution in [0.5, 0.6) is 5.75 Å². The lowest BCUT2D eigenvalue weighted by Crippen LogP contribution is -2.10. The Balaban J connectivity index is 0.00000160. The standard InChI is InChI=1S/C22H20N4O2.2ClH/c1-15-6-11-24-20(13-15)21-25-19-5-4-17(14-18(19)22(27)26-21)28-12-2-3-16-7-9-23-10-8-16;;/h4-11,13-14H,2-3,12H2,1H3,(H,25,26,27);2*1H. The molecule has 30 heavy (non-hydrogen) atoms. The number of halogens is 2. The zero-order valence-corrected chi connectivity index (χ0v) is 18.0. The van der Waals surface area contributed by atoms with Gasteiger partial charge in [-0.1, -0.05) is 0 Å². The van der Waals surface area contributed by atoms with E-state index < -0.39 is 0 Å². The van der Waals surface area contributed by atoms with E-state index in [1.165, 1.54) is 5.56 Å². The Bertz CT molecular complexity index is 1170. The third-order valence-electron chi connectivity index (χ3n) is 4.46. The molecule has 0 fully saturated rings. The Morgan fingerprint density at radius 2 is 1.80 bits per heavy atom. The first-order valence-electron chi connectivity index (χ1n) is 9.18. The molecular formula is C22H22Cl2N4O2. The number of fused-ring (bicyclic) bond motifs is 1. The highest BCUT2D eigenvalue weighted by molar-refractivity contribution is 5.85. The van der Waals surface area contributed by atoms with Crippen LogP contribution in [-0.2, 0) is 6.42 Å². The van der Waals surface area contributed by atoms with E-state index in [0.29, 0.717) is 34.8 Å². The Morgan fingerprint density at radius 1 is 1.00 bits per heavy atom. The van der Waals surface area contributed by atoms with Gasteiger partial charge in [0.05, 0.1) is 17.5 Å². The molecule has 156 valence electrons. The Hall–Kier alpha value is -2.96. The number of aromatic amines is 1. The third kappa shape index (κ3) is 5.55. The smallest absolute Gasteiger partial charge is 0.259 e. The van der Waals surface area contributed by atoms with Gasteiger partial charge in [-0.3, -0.25) is 14.8 Å². The number of H-pyrrole nitrogens is 1.